The van der Waals surface area contributed by atoms with Gasteiger partial charge in [0.1, 0.15) is 5.82 Å². The molecule has 3 aromatic carbocycles. The van der Waals surface area contributed by atoms with E-state index < -0.39 is 39.1 Å². The van der Waals surface area contributed by atoms with E-state index in [1.54, 1.807) is 6.07 Å². The number of nitrogens with one attached hydrogen (secondary N) is 1. The minimum atomic E-state index is -4.68. The molecule has 0 spiro atoms. The van der Waals surface area contributed by atoms with E-state index >= 15 is 0 Å². The van der Waals surface area contributed by atoms with Crippen molar-refractivity contribution in [3.8, 4) is 0 Å². The van der Waals surface area contributed by atoms with Crippen molar-refractivity contribution in [3.63, 3.8) is 0 Å². The maximum Gasteiger partial charge on any atom is 0.417 e. The van der Waals surface area contributed by atoms with Crippen molar-refractivity contribution in [2.24, 2.45) is 0 Å². The first-order valence-corrected chi connectivity index (χ1v) is 11.4. The molecule has 1 N–H and O–H groups in total. The number of anilines is 2. The molecule has 0 aliphatic carbocycles. The second-order valence-corrected chi connectivity index (χ2v) is 9.34. The van der Waals surface area contributed by atoms with Crippen molar-refractivity contribution < 1.29 is 30.8 Å². The normalized spacial score (nSPS) is 14.0. The summed E-state index contributed by atoms with van der Waals surface area (Å²) in [5.41, 5.74) is -0.287. The van der Waals surface area contributed by atoms with E-state index in [9.17, 15) is 30.8 Å². The quantitative estimate of drug-likeness (QED) is 0.522. The lowest BCUT2D eigenvalue weighted by atomic mass is 10.0. The maximum absolute atomic E-state index is 13.2. The Labute approximate surface area is 187 Å². The van der Waals surface area contributed by atoms with E-state index in [2.05, 4.69) is 5.32 Å². The Morgan fingerprint density at radius 1 is 0.970 bits per heavy atom. The van der Waals surface area contributed by atoms with Crippen LogP contribution in [0.25, 0.3) is 0 Å². The maximum atomic E-state index is 13.2. The summed E-state index contributed by atoms with van der Waals surface area (Å²) in [5, 5.41) is 2.46. The van der Waals surface area contributed by atoms with E-state index in [0.717, 1.165) is 24.3 Å². The third-order valence-corrected chi connectivity index (χ3v) is 7.12. The molecule has 0 saturated heterocycles. The number of carbonyl (C=O) groups is 1. The lowest BCUT2D eigenvalue weighted by Gasteiger charge is -2.31. The molecular formula is C23H18F4N2O3S. The van der Waals surface area contributed by atoms with E-state index in [0.29, 0.717) is 24.1 Å². The van der Waals surface area contributed by atoms with Crippen LogP contribution in [-0.2, 0) is 22.6 Å². The predicted octanol–water partition coefficient (Wildman–Crippen LogP) is 5.24. The molecule has 0 aromatic heterocycles. The van der Waals surface area contributed by atoms with Crippen LogP contribution < -0.4 is 9.62 Å². The zero-order valence-corrected chi connectivity index (χ0v) is 17.9. The number of rotatable bonds is 4. The summed E-state index contributed by atoms with van der Waals surface area (Å²) in [4.78, 5) is 12.5. The Hall–Kier alpha value is -3.40. The van der Waals surface area contributed by atoms with Gasteiger partial charge in [-0.2, -0.15) is 13.2 Å². The van der Waals surface area contributed by atoms with Gasteiger partial charge in [0.15, 0.2) is 0 Å². The smallest absolute Gasteiger partial charge is 0.322 e. The average molecular weight is 478 g/mol. The number of carbonyl (C=O) groups excluding carboxylic acids is 1. The van der Waals surface area contributed by atoms with Gasteiger partial charge in [0.25, 0.3) is 15.9 Å². The van der Waals surface area contributed by atoms with Crippen molar-refractivity contribution in [1.82, 2.24) is 0 Å². The Balaban J connectivity index is 1.62. The van der Waals surface area contributed by atoms with Gasteiger partial charge in [-0.05, 0) is 73.0 Å². The summed E-state index contributed by atoms with van der Waals surface area (Å²) in [6.45, 7) is 0.220. The monoisotopic (exact) mass is 478 g/mol. The Kier molecular flexibility index (Phi) is 5.87. The van der Waals surface area contributed by atoms with Gasteiger partial charge in [-0.3, -0.25) is 9.10 Å². The number of aryl methyl sites for hydroxylation is 1. The minimum Gasteiger partial charge on any atom is -0.322 e. The number of alkyl halides is 3. The third-order valence-electron chi connectivity index (χ3n) is 5.29. The van der Waals surface area contributed by atoms with Gasteiger partial charge >= 0.3 is 6.18 Å². The zero-order valence-electron chi connectivity index (χ0n) is 17.1. The minimum absolute atomic E-state index is 0.0575. The molecule has 0 radical (unpaired) electrons. The molecular weight excluding hydrogens is 460 g/mol. The summed E-state index contributed by atoms with van der Waals surface area (Å²) in [7, 11) is -3.94. The third kappa shape index (κ3) is 4.56. The molecule has 1 amide bonds. The van der Waals surface area contributed by atoms with Gasteiger partial charge in [-0.1, -0.05) is 12.1 Å². The highest BCUT2D eigenvalue weighted by atomic mass is 32.2. The summed E-state index contributed by atoms with van der Waals surface area (Å²) in [6.07, 6.45) is -3.66. The van der Waals surface area contributed by atoms with Crippen LogP contribution in [0.1, 0.15) is 27.9 Å². The number of sulfonamides is 1. The number of halogens is 4. The number of hydrogen-bond donors (Lipinski definition) is 1. The molecule has 0 atom stereocenters. The van der Waals surface area contributed by atoms with Gasteiger partial charge in [0.05, 0.1) is 21.7 Å². The first-order chi connectivity index (χ1) is 15.6. The number of amides is 1. The molecule has 3 aromatic rings. The van der Waals surface area contributed by atoms with Gasteiger partial charge in [0.2, 0.25) is 0 Å². The van der Waals surface area contributed by atoms with Crippen molar-refractivity contribution in [3.05, 3.63) is 89.2 Å². The summed E-state index contributed by atoms with van der Waals surface area (Å²) in [5.74, 6) is -1.48. The van der Waals surface area contributed by atoms with Crippen LogP contribution in [0.5, 0.6) is 0 Å². The van der Waals surface area contributed by atoms with Crippen LogP contribution in [0.15, 0.2) is 71.6 Å². The first kappa shape index (κ1) is 22.8. The van der Waals surface area contributed by atoms with Gasteiger partial charge in [0, 0.05) is 12.2 Å². The predicted molar refractivity (Wildman–Crippen MR) is 115 cm³/mol. The van der Waals surface area contributed by atoms with Gasteiger partial charge < -0.3 is 5.32 Å². The fourth-order valence-electron chi connectivity index (χ4n) is 3.75. The number of benzene rings is 3. The number of fused-ring (bicyclic) bond motifs is 1. The summed E-state index contributed by atoms with van der Waals surface area (Å²) < 4.78 is 80.2. The highest BCUT2D eigenvalue weighted by Crippen LogP contribution is 2.35. The van der Waals surface area contributed by atoms with Gasteiger partial charge in [-0.15, -0.1) is 0 Å². The van der Waals surface area contributed by atoms with Crippen LogP contribution in [-0.4, -0.2) is 20.9 Å². The number of nitrogens with zero attached hydrogens (tertiary/aromatic N) is 1. The number of hydrogen-bond acceptors (Lipinski definition) is 3. The van der Waals surface area contributed by atoms with E-state index in [4.69, 9.17) is 0 Å². The molecule has 1 aliphatic rings. The second kappa shape index (κ2) is 8.51. The second-order valence-electron chi connectivity index (χ2n) is 7.48. The molecule has 1 heterocycles. The van der Waals surface area contributed by atoms with Crippen LogP contribution >= 0.6 is 0 Å². The molecule has 1 aliphatic heterocycles. The van der Waals surface area contributed by atoms with E-state index in [1.165, 1.54) is 40.7 Å². The fourth-order valence-corrected chi connectivity index (χ4v) is 5.29. The molecule has 5 nitrogen and oxygen atoms in total. The lowest BCUT2D eigenvalue weighted by molar-refractivity contribution is -0.137. The Bertz CT molecular complexity index is 1310. The van der Waals surface area contributed by atoms with E-state index in [-0.39, 0.29) is 17.1 Å². The molecule has 10 heteroatoms. The van der Waals surface area contributed by atoms with Crippen LogP contribution in [0.2, 0.25) is 0 Å². The summed E-state index contributed by atoms with van der Waals surface area (Å²) >= 11 is 0. The topological polar surface area (TPSA) is 66.5 Å². The Morgan fingerprint density at radius 2 is 1.67 bits per heavy atom. The largest absolute Gasteiger partial charge is 0.417 e. The molecule has 4 rings (SSSR count). The highest BCUT2D eigenvalue weighted by Gasteiger charge is 2.35. The van der Waals surface area contributed by atoms with Crippen molar-refractivity contribution in [1.29, 1.82) is 0 Å². The molecule has 33 heavy (non-hydrogen) atoms. The zero-order chi connectivity index (χ0) is 23.8. The summed E-state index contributed by atoms with van der Waals surface area (Å²) in [6, 6.07) is 13.5. The van der Waals surface area contributed by atoms with Crippen LogP contribution in [0.3, 0.4) is 0 Å². The average Bonchev–Trinajstić information content (AvgIpc) is 2.78. The van der Waals surface area contributed by atoms with Crippen LogP contribution in [0.4, 0.5) is 28.9 Å². The standard InChI is InChI=1S/C23H18F4N2O3S/c24-16-7-10-18(11-8-16)33(31,32)29-13-3-4-15-14-17(9-12-21(15)29)28-22(30)19-5-1-2-6-20(19)23(25,26)27/h1-2,5-12,14H,3-4,13H2,(H,28,30). The molecule has 0 bridgehead atoms. The molecule has 172 valence electrons. The lowest BCUT2D eigenvalue weighted by Crippen LogP contribution is -2.35. The van der Waals surface area contributed by atoms with Crippen molar-refractivity contribution >= 4 is 27.3 Å². The molecule has 0 unspecified atom stereocenters. The molecule has 0 fully saturated rings. The van der Waals surface area contributed by atoms with Gasteiger partial charge in [-0.25, -0.2) is 12.8 Å². The van der Waals surface area contributed by atoms with Crippen LogP contribution in [0, 0.1) is 5.82 Å². The Morgan fingerprint density at radius 3 is 2.36 bits per heavy atom. The van der Waals surface area contributed by atoms with E-state index in [1.807, 2.05) is 0 Å². The van der Waals surface area contributed by atoms with Crippen molar-refractivity contribution in [2.75, 3.05) is 16.2 Å². The molecule has 0 saturated carbocycles. The fraction of sp³-hybridized carbons (Fsp3) is 0.174. The highest BCUT2D eigenvalue weighted by molar-refractivity contribution is 7.92. The van der Waals surface area contributed by atoms with Crippen molar-refractivity contribution in [2.45, 2.75) is 23.9 Å². The SMILES string of the molecule is O=C(Nc1ccc2c(c1)CCCN2S(=O)(=O)c1ccc(F)cc1)c1ccccc1C(F)(F)F. The first-order valence-electron chi connectivity index (χ1n) is 9.96.